The molecule has 0 saturated carbocycles. The molecule has 5 nitrogen and oxygen atoms in total. The van der Waals surface area contributed by atoms with Crippen LogP contribution in [0.4, 0.5) is 0 Å². The van der Waals surface area contributed by atoms with Crippen molar-refractivity contribution in [2.45, 2.75) is 39.4 Å². The van der Waals surface area contributed by atoms with Crippen molar-refractivity contribution in [3.05, 3.63) is 29.8 Å². The monoisotopic (exact) mass is 302 g/mol. The van der Waals surface area contributed by atoms with Gasteiger partial charge in [-0.15, -0.1) is 0 Å². The third-order valence-electron chi connectivity index (χ3n) is 4.09. The molecule has 1 saturated heterocycles. The average Bonchev–Trinajstić information content (AvgIpc) is 2.92. The summed E-state index contributed by atoms with van der Waals surface area (Å²) in [4.78, 5) is 19.4. The molecule has 22 heavy (non-hydrogen) atoms. The van der Waals surface area contributed by atoms with Crippen molar-refractivity contribution in [2.24, 2.45) is 11.1 Å². The van der Waals surface area contributed by atoms with Gasteiger partial charge in [0.05, 0.1) is 18.8 Å². The highest BCUT2D eigenvalue weighted by atomic mass is 16.6. The molecule has 0 aromatic heterocycles. The van der Waals surface area contributed by atoms with Crippen molar-refractivity contribution in [1.82, 2.24) is 4.90 Å². The van der Waals surface area contributed by atoms with E-state index < -0.39 is 6.10 Å². The van der Waals surface area contributed by atoms with E-state index in [1.165, 1.54) is 5.56 Å². The first-order valence-corrected chi connectivity index (χ1v) is 7.77. The van der Waals surface area contributed by atoms with Gasteiger partial charge in [0.15, 0.2) is 0 Å². The Morgan fingerprint density at radius 1 is 1.41 bits per heavy atom. The van der Waals surface area contributed by atoms with Gasteiger partial charge in [0.2, 0.25) is 6.10 Å². The van der Waals surface area contributed by atoms with Crippen molar-refractivity contribution in [3.63, 3.8) is 0 Å². The van der Waals surface area contributed by atoms with Gasteiger partial charge in [-0.25, -0.2) is 0 Å². The minimum Gasteiger partial charge on any atom is -0.487 e. The van der Waals surface area contributed by atoms with Gasteiger partial charge in [-0.3, -0.25) is 4.79 Å². The van der Waals surface area contributed by atoms with Gasteiger partial charge in [0.1, 0.15) is 11.9 Å². The number of rotatable bonds is 4. The molecule has 1 aromatic carbocycles. The first-order valence-electron chi connectivity index (χ1n) is 7.77. The summed E-state index contributed by atoms with van der Waals surface area (Å²) in [7, 11) is 0. The number of carbonyl (C=O) groups excluding carboxylic acids is 1. The van der Waals surface area contributed by atoms with Crippen LogP contribution >= 0.6 is 0 Å². The molecule has 1 aromatic rings. The van der Waals surface area contributed by atoms with Crippen LogP contribution in [-0.4, -0.2) is 41.8 Å². The Kier molecular flexibility index (Phi) is 4.05. The first-order chi connectivity index (χ1) is 10.5. The number of hydrogen-bond acceptors (Lipinski definition) is 4. The Hall–Kier alpha value is -2.04. The molecule has 0 N–H and O–H groups in total. The maximum Gasteiger partial charge on any atom is 0.267 e. The lowest BCUT2D eigenvalue weighted by atomic mass is 10.0. The molecule has 3 rings (SSSR count). The Labute approximate surface area is 130 Å². The topological polar surface area (TPSA) is 51.1 Å². The second kappa shape index (κ2) is 5.99. The lowest BCUT2D eigenvalue weighted by molar-refractivity contribution is -0.151. The molecule has 0 bridgehead atoms. The summed E-state index contributed by atoms with van der Waals surface area (Å²) in [5.74, 6) is 1.20. The molecule has 0 aliphatic carbocycles. The largest absolute Gasteiger partial charge is 0.487 e. The van der Waals surface area contributed by atoms with Crippen LogP contribution < -0.4 is 4.74 Å². The number of likely N-dealkylation sites (tertiary alicyclic amines) is 1. The van der Waals surface area contributed by atoms with Crippen LogP contribution in [0.3, 0.4) is 0 Å². The third-order valence-corrected chi connectivity index (χ3v) is 4.09. The zero-order chi connectivity index (χ0) is 15.7. The number of nitrogens with zero attached hydrogens (tertiary/aromatic N) is 2. The number of carbonyl (C=O) groups is 1. The zero-order valence-corrected chi connectivity index (χ0v) is 13.3. The van der Waals surface area contributed by atoms with Crippen LogP contribution in [-0.2, 0) is 9.63 Å². The van der Waals surface area contributed by atoms with Gasteiger partial charge >= 0.3 is 0 Å². The number of oxime groups is 1. The second-order valence-electron chi connectivity index (χ2n) is 6.34. The van der Waals surface area contributed by atoms with Crippen molar-refractivity contribution in [2.75, 3.05) is 13.1 Å². The normalized spacial score (nSPS) is 21.4. The molecule has 5 heteroatoms. The molecule has 2 aliphatic rings. The Bertz CT molecular complexity index is 591. The molecule has 0 radical (unpaired) electrons. The quantitative estimate of drug-likeness (QED) is 0.858. The molecule has 118 valence electrons. The van der Waals surface area contributed by atoms with Crippen molar-refractivity contribution in [1.29, 1.82) is 0 Å². The van der Waals surface area contributed by atoms with E-state index in [4.69, 9.17) is 9.57 Å². The minimum atomic E-state index is -0.447. The van der Waals surface area contributed by atoms with E-state index in [0.717, 1.165) is 11.5 Å². The molecule has 1 unspecified atom stereocenters. The number of amides is 1. The van der Waals surface area contributed by atoms with E-state index in [1.807, 2.05) is 31.2 Å². The maximum absolute atomic E-state index is 12.3. The number of ether oxygens (including phenoxy) is 1. The summed E-state index contributed by atoms with van der Waals surface area (Å²) in [6.07, 6.45) is 0.228. The highest BCUT2D eigenvalue weighted by Gasteiger charge is 2.39. The fraction of sp³-hybridized carbons (Fsp3) is 0.529. The van der Waals surface area contributed by atoms with Gasteiger partial charge in [0.25, 0.3) is 5.91 Å². The third kappa shape index (κ3) is 3.08. The van der Waals surface area contributed by atoms with Gasteiger partial charge < -0.3 is 14.5 Å². The number of hydrogen-bond donors (Lipinski definition) is 0. The second-order valence-corrected chi connectivity index (χ2v) is 6.34. The van der Waals surface area contributed by atoms with Gasteiger partial charge in [0, 0.05) is 6.42 Å². The van der Waals surface area contributed by atoms with Crippen molar-refractivity contribution >= 4 is 11.6 Å². The summed E-state index contributed by atoms with van der Waals surface area (Å²) >= 11 is 0. The predicted octanol–water partition coefficient (Wildman–Crippen LogP) is 2.39. The number of aryl methyl sites for hydroxylation is 1. The highest BCUT2D eigenvalue weighted by Crippen LogP contribution is 2.23. The van der Waals surface area contributed by atoms with Crippen molar-refractivity contribution in [3.8, 4) is 5.75 Å². The number of benzene rings is 1. The van der Waals surface area contributed by atoms with E-state index >= 15 is 0 Å². The van der Waals surface area contributed by atoms with Crippen LogP contribution in [0.1, 0.15) is 25.8 Å². The molecule has 1 atom stereocenters. The lowest BCUT2D eigenvalue weighted by Crippen LogP contribution is -2.58. The van der Waals surface area contributed by atoms with Crippen LogP contribution in [0.25, 0.3) is 0 Å². The van der Waals surface area contributed by atoms with E-state index in [0.29, 0.717) is 25.4 Å². The minimum absolute atomic E-state index is 0.0171. The summed E-state index contributed by atoms with van der Waals surface area (Å²) in [6.45, 7) is 7.38. The van der Waals surface area contributed by atoms with E-state index in [1.54, 1.807) is 4.90 Å². The molecule has 2 heterocycles. The zero-order valence-electron chi connectivity index (χ0n) is 13.3. The fourth-order valence-electron chi connectivity index (χ4n) is 2.65. The molecule has 0 spiro atoms. The Morgan fingerprint density at radius 2 is 2.18 bits per heavy atom. The molecule has 1 fully saturated rings. The lowest BCUT2D eigenvalue weighted by Gasteiger charge is -2.39. The smallest absolute Gasteiger partial charge is 0.267 e. The summed E-state index contributed by atoms with van der Waals surface area (Å²) in [5.41, 5.74) is 2.13. The summed E-state index contributed by atoms with van der Waals surface area (Å²) in [5, 5.41) is 4.01. The van der Waals surface area contributed by atoms with Crippen LogP contribution in [0, 0.1) is 12.8 Å². The average molecular weight is 302 g/mol. The highest BCUT2D eigenvalue weighted by molar-refractivity contribution is 5.94. The van der Waals surface area contributed by atoms with E-state index in [9.17, 15) is 4.79 Å². The van der Waals surface area contributed by atoms with Gasteiger partial charge in [-0.05, 0) is 30.5 Å². The fourth-order valence-corrected chi connectivity index (χ4v) is 2.65. The standard InChI is InChI=1S/C17H22N2O3/c1-11(2)15-8-16(22-18-15)17(20)19-9-14(10-19)21-13-6-4-5-12(3)7-13/h4-7,11,14,16H,8-10H2,1-3H3. The van der Waals surface area contributed by atoms with Crippen LogP contribution in [0.15, 0.2) is 29.4 Å². The maximum atomic E-state index is 12.3. The predicted molar refractivity (Wildman–Crippen MR) is 83.9 cm³/mol. The Morgan fingerprint density at radius 3 is 2.82 bits per heavy atom. The molecular weight excluding hydrogens is 280 g/mol. The molecule has 2 aliphatic heterocycles. The Balaban J connectivity index is 1.46. The van der Waals surface area contributed by atoms with Gasteiger partial charge in [-0.1, -0.05) is 31.1 Å². The van der Waals surface area contributed by atoms with Crippen LogP contribution in [0.5, 0.6) is 5.75 Å². The first kappa shape index (κ1) is 14.9. The van der Waals surface area contributed by atoms with E-state index in [-0.39, 0.29) is 12.0 Å². The van der Waals surface area contributed by atoms with Gasteiger partial charge in [-0.2, -0.15) is 0 Å². The van der Waals surface area contributed by atoms with Crippen LogP contribution in [0.2, 0.25) is 0 Å². The molecular formula is C17H22N2O3. The summed E-state index contributed by atoms with van der Waals surface area (Å²) < 4.78 is 5.87. The van der Waals surface area contributed by atoms with Crippen molar-refractivity contribution < 1.29 is 14.4 Å². The SMILES string of the molecule is Cc1cccc(OC2CN(C(=O)C3CC(C(C)C)=NO3)C2)c1. The molecule has 1 amide bonds. The van der Waals surface area contributed by atoms with E-state index in [2.05, 4.69) is 19.0 Å². The summed E-state index contributed by atoms with van der Waals surface area (Å²) in [6, 6.07) is 7.96.